The molecule has 9 rings (SSSR count). The predicted molar refractivity (Wildman–Crippen MR) is 190 cm³/mol. The molecule has 0 atom stereocenters. The Labute approximate surface area is 266 Å². The predicted octanol–water partition coefficient (Wildman–Crippen LogP) is 12.5. The molecule has 0 unspecified atom stereocenters. The maximum atomic E-state index is 9.81. The minimum absolute atomic E-state index is 0.0313. The lowest BCUT2D eigenvalue weighted by Crippen LogP contribution is -1.92. The molecular formula is C44H28. The Kier molecular flexibility index (Phi) is 4.23. The van der Waals surface area contributed by atoms with Crippen molar-refractivity contribution in [2.75, 3.05) is 0 Å². The summed E-state index contributed by atoms with van der Waals surface area (Å²) in [6, 6.07) is 39.7. The molecule has 0 amide bonds. The number of hydrogen-bond acceptors (Lipinski definition) is 0. The number of rotatable bonds is 3. The van der Waals surface area contributed by atoms with E-state index in [2.05, 4.69) is 36.4 Å². The summed E-state index contributed by atoms with van der Waals surface area (Å²) >= 11 is 0. The van der Waals surface area contributed by atoms with Gasteiger partial charge in [0.25, 0.3) is 0 Å². The fraction of sp³-hybridized carbons (Fsp3) is 0. The minimum Gasteiger partial charge on any atom is -0.0622 e. The van der Waals surface area contributed by atoms with Crippen LogP contribution in [-0.2, 0) is 0 Å². The SMILES string of the molecule is [2H]c1c([2H])c([2H])c2c(-c3cccc4c3ccc3cc5ccccc5cc34)c3c([2H])c([2H])c(-c4ccccc4)c([2H])c3c(-c3ccccc3)c2c1[2H]. The van der Waals surface area contributed by atoms with Crippen LogP contribution in [0.1, 0.15) is 9.60 Å². The number of benzene rings is 9. The van der Waals surface area contributed by atoms with Crippen molar-refractivity contribution >= 4 is 53.9 Å². The third-order valence-electron chi connectivity index (χ3n) is 8.64. The van der Waals surface area contributed by atoms with E-state index in [1.807, 2.05) is 91.0 Å². The molecule has 0 aromatic heterocycles. The molecule has 9 aromatic carbocycles. The van der Waals surface area contributed by atoms with Gasteiger partial charge < -0.3 is 0 Å². The standard InChI is InChI=1S/C44H28/c1-3-12-29(13-4-1)33-22-25-40-42(28-33)43(30-14-5-2-6-15-30)38-18-9-10-19-39(38)44(40)37-21-11-20-35-36(37)24-23-34-26-31-16-7-8-17-32(31)27-41(34)35/h1-28H/i9D,10D,18D,19D,22D,25D,28D. The first-order valence-electron chi connectivity index (χ1n) is 18.2. The summed E-state index contributed by atoms with van der Waals surface area (Å²) in [7, 11) is 0. The normalized spacial score (nSPS) is 13.9. The van der Waals surface area contributed by atoms with Gasteiger partial charge >= 0.3 is 0 Å². The van der Waals surface area contributed by atoms with E-state index in [0.717, 1.165) is 32.3 Å². The van der Waals surface area contributed by atoms with Crippen LogP contribution >= 0.6 is 0 Å². The average Bonchev–Trinajstić information content (AvgIpc) is 3.17. The van der Waals surface area contributed by atoms with Crippen molar-refractivity contribution < 1.29 is 9.60 Å². The van der Waals surface area contributed by atoms with Crippen LogP contribution < -0.4 is 0 Å². The summed E-state index contributed by atoms with van der Waals surface area (Å²) in [4.78, 5) is 0. The maximum absolute atomic E-state index is 9.81. The molecule has 44 heavy (non-hydrogen) atoms. The molecule has 0 bridgehead atoms. The van der Waals surface area contributed by atoms with Gasteiger partial charge in [0, 0.05) is 0 Å². The zero-order valence-electron chi connectivity index (χ0n) is 30.6. The van der Waals surface area contributed by atoms with E-state index in [-0.39, 0.29) is 53.1 Å². The molecule has 0 N–H and O–H groups in total. The Hall–Kier alpha value is -5.72. The lowest BCUT2D eigenvalue weighted by Gasteiger charge is -2.20. The van der Waals surface area contributed by atoms with Gasteiger partial charge in [-0.25, -0.2) is 0 Å². The second kappa shape index (κ2) is 9.93. The summed E-state index contributed by atoms with van der Waals surface area (Å²) in [6.07, 6.45) is 0. The van der Waals surface area contributed by atoms with Gasteiger partial charge in [-0.3, -0.25) is 0 Å². The summed E-state index contributed by atoms with van der Waals surface area (Å²) in [5, 5.41) is 7.34. The first-order chi connectivity index (χ1) is 24.8. The number of hydrogen-bond donors (Lipinski definition) is 0. The molecule has 0 nitrogen and oxygen atoms in total. The van der Waals surface area contributed by atoms with E-state index in [1.165, 1.54) is 0 Å². The quantitative estimate of drug-likeness (QED) is 0.148. The highest BCUT2D eigenvalue weighted by Crippen LogP contribution is 2.46. The summed E-state index contributed by atoms with van der Waals surface area (Å²) in [5.74, 6) is 0. The Balaban J connectivity index is 1.56. The minimum atomic E-state index is -0.381. The summed E-state index contributed by atoms with van der Waals surface area (Å²) in [5.41, 5.74) is 3.12. The monoisotopic (exact) mass is 563 g/mol. The molecule has 204 valence electrons. The van der Waals surface area contributed by atoms with Crippen LogP contribution in [-0.4, -0.2) is 0 Å². The van der Waals surface area contributed by atoms with Crippen molar-refractivity contribution in [2.45, 2.75) is 0 Å². The van der Waals surface area contributed by atoms with Crippen molar-refractivity contribution in [3.8, 4) is 33.4 Å². The highest BCUT2D eigenvalue weighted by Gasteiger charge is 2.19. The van der Waals surface area contributed by atoms with Crippen LogP contribution in [0.25, 0.3) is 87.2 Å². The molecule has 0 aliphatic heterocycles. The zero-order chi connectivity index (χ0) is 35.1. The van der Waals surface area contributed by atoms with Crippen LogP contribution in [0.15, 0.2) is 170 Å². The third-order valence-corrected chi connectivity index (χ3v) is 8.64. The Bertz CT molecular complexity index is 2920. The van der Waals surface area contributed by atoms with Crippen molar-refractivity contribution in [3.05, 3.63) is 170 Å². The van der Waals surface area contributed by atoms with E-state index in [9.17, 15) is 6.85 Å². The largest absolute Gasteiger partial charge is 0.0636 e. The van der Waals surface area contributed by atoms with Crippen molar-refractivity contribution in [3.63, 3.8) is 0 Å². The molecule has 0 spiro atoms. The summed E-state index contributed by atoms with van der Waals surface area (Å²) < 4.78 is 65.2. The van der Waals surface area contributed by atoms with E-state index in [1.54, 1.807) is 0 Å². The van der Waals surface area contributed by atoms with E-state index >= 15 is 0 Å². The zero-order valence-corrected chi connectivity index (χ0v) is 23.6. The van der Waals surface area contributed by atoms with Crippen molar-refractivity contribution in [1.82, 2.24) is 0 Å². The Morgan fingerprint density at radius 1 is 0.341 bits per heavy atom. The van der Waals surface area contributed by atoms with E-state index in [0.29, 0.717) is 44.2 Å². The van der Waals surface area contributed by atoms with Crippen LogP contribution in [0.3, 0.4) is 0 Å². The Morgan fingerprint density at radius 3 is 1.77 bits per heavy atom. The first kappa shape index (κ1) is 18.7. The van der Waals surface area contributed by atoms with Gasteiger partial charge in [0.1, 0.15) is 0 Å². The van der Waals surface area contributed by atoms with Gasteiger partial charge in [-0.05, 0) is 105 Å². The van der Waals surface area contributed by atoms with Gasteiger partial charge in [-0.2, -0.15) is 0 Å². The van der Waals surface area contributed by atoms with E-state index in [4.69, 9.17) is 2.74 Å². The number of fused-ring (bicyclic) bond motifs is 6. The lowest BCUT2D eigenvalue weighted by atomic mass is 9.83. The van der Waals surface area contributed by atoms with Gasteiger partial charge in [-0.15, -0.1) is 0 Å². The fourth-order valence-corrected chi connectivity index (χ4v) is 6.63. The highest BCUT2D eigenvalue weighted by atomic mass is 14.2. The molecule has 0 radical (unpaired) electrons. The molecule has 0 saturated heterocycles. The van der Waals surface area contributed by atoms with Crippen LogP contribution in [0, 0.1) is 0 Å². The molecule has 0 aliphatic rings. The summed E-state index contributed by atoms with van der Waals surface area (Å²) in [6.45, 7) is 0. The molecule has 9 aromatic rings. The Morgan fingerprint density at radius 2 is 1.00 bits per heavy atom. The smallest absolute Gasteiger partial charge is 0.0622 e. The second-order valence-corrected chi connectivity index (χ2v) is 11.1. The molecule has 0 heteroatoms. The van der Waals surface area contributed by atoms with E-state index < -0.39 is 0 Å². The van der Waals surface area contributed by atoms with Crippen LogP contribution in [0.5, 0.6) is 0 Å². The lowest BCUT2D eigenvalue weighted by molar-refractivity contribution is 1.63. The van der Waals surface area contributed by atoms with Crippen molar-refractivity contribution in [1.29, 1.82) is 0 Å². The maximum Gasteiger partial charge on any atom is 0.0636 e. The third kappa shape index (κ3) is 3.85. The van der Waals surface area contributed by atoms with Gasteiger partial charge in [0.2, 0.25) is 0 Å². The van der Waals surface area contributed by atoms with Gasteiger partial charge in [0.15, 0.2) is 0 Å². The van der Waals surface area contributed by atoms with Gasteiger partial charge in [0.05, 0.1) is 9.60 Å². The first-order valence-corrected chi connectivity index (χ1v) is 14.7. The van der Waals surface area contributed by atoms with Crippen LogP contribution in [0.4, 0.5) is 0 Å². The molecule has 0 fully saturated rings. The van der Waals surface area contributed by atoms with Crippen molar-refractivity contribution in [2.24, 2.45) is 0 Å². The molecule has 0 saturated carbocycles. The topological polar surface area (TPSA) is 0 Å². The molecule has 0 heterocycles. The van der Waals surface area contributed by atoms with Crippen LogP contribution in [0.2, 0.25) is 0 Å². The molecular weight excluding hydrogens is 528 g/mol. The second-order valence-electron chi connectivity index (χ2n) is 11.1. The fourth-order valence-electron chi connectivity index (χ4n) is 6.63. The highest BCUT2D eigenvalue weighted by molar-refractivity contribution is 6.25. The molecule has 0 aliphatic carbocycles. The average molecular weight is 564 g/mol. The van der Waals surface area contributed by atoms with Gasteiger partial charge in [-0.1, -0.05) is 152 Å².